The third-order valence-corrected chi connectivity index (χ3v) is 4.68. The van der Waals surface area contributed by atoms with E-state index >= 15 is 0 Å². The highest BCUT2D eigenvalue weighted by atomic mass is 19.1. The molecule has 2 aromatic carbocycles. The van der Waals surface area contributed by atoms with Gasteiger partial charge >= 0.3 is 0 Å². The van der Waals surface area contributed by atoms with Gasteiger partial charge in [-0.3, -0.25) is 4.79 Å². The van der Waals surface area contributed by atoms with Crippen LogP contribution >= 0.6 is 0 Å². The Labute approximate surface area is 177 Å². The number of aromatic nitrogens is 4. The first-order valence-electron chi connectivity index (χ1n) is 9.43. The van der Waals surface area contributed by atoms with Gasteiger partial charge in [-0.15, -0.1) is 0 Å². The predicted octanol–water partition coefficient (Wildman–Crippen LogP) is 3.53. The molecule has 0 aliphatic carbocycles. The number of anilines is 1. The summed E-state index contributed by atoms with van der Waals surface area (Å²) in [6.07, 6.45) is 3.24. The molecule has 31 heavy (non-hydrogen) atoms. The highest BCUT2D eigenvalue weighted by Gasteiger charge is 2.15. The van der Waals surface area contributed by atoms with E-state index in [0.717, 1.165) is 5.56 Å². The zero-order chi connectivity index (χ0) is 21.8. The fraction of sp³-hybridized carbons (Fsp3) is 0.136. The van der Waals surface area contributed by atoms with Crippen molar-refractivity contribution >= 4 is 11.7 Å². The minimum Gasteiger partial charge on any atom is -0.493 e. The molecule has 4 rings (SSSR count). The van der Waals surface area contributed by atoms with E-state index in [9.17, 15) is 9.18 Å². The normalized spacial score (nSPS) is 10.7. The van der Waals surface area contributed by atoms with Crippen LogP contribution in [0.25, 0.3) is 5.69 Å². The summed E-state index contributed by atoms with van der Waals surface area (Å²) in [5.74, 6) is 1.00. The van der Waals surface area contributed by atoms with E-state index in [2.05, 4.69) is 15.5 Å². The lowest BCUT2D eigenvalue weighted by molar-refractivity contribution is 0.102. The number of benzene rings is 2. The van der Waals surface area contributed by atoms with E-state index in [1.165, 1.54) is 16.8 Å². The number of hydrogen-bond donors (Lipinski definition) is 1. The quantitative estimate of drug-likeness (QED) is 0.494. The average molecular weight is 421 g/mol. The van der Waals surface area contributed by atoms with Crippen molar-refractivity contribution in [3.8, 4) is 17.2 Å². The van der Waals surface area contributed by atoms with Crippen LogP contribution in [-0.4, -0.2) is 39.7 Å². The van der Waals surface area contributed by atoms with E-state index in [1.54, 1.807) is 55.6 Å². The maximum atomic E-state index is 13.1. The number of halogens is 1. The number of carbonyl (C=O) groups excluding carboxylic acids is 1. The summed E-state index contributed by atoms with van der Waals surface area (Å²) in [7, 11) is 3.15. The Balaban J connectivity index is 1.51. The monoisotopic (exact) mass is 421 g/mol. The van der Waals surface area contributed by atoms with Crippen molar-refractivity contribution in [3.05, 3.63) is 84.1 Å². The molecule has 158 valence electrons. The second-order valence-corrected chi connectivity index (χ2v) is 6.60. The first-order chi connectivity index (χ1) is 15.1. The largest absolute Gasteiger partial charge is 0.493 e. The Kier molecular flexibility index (Phi) is 5.65. The van der Waals surface area contributed by atoms with Gasteiger partial charge in [-0.25, -0.2) is 13.8 Å². The van der Waals surface area contributed by atoms with Crippen LogP contribution in [0.4, 0.5) is 10.2 Å². The summed E-state index contributed by atoms with van der Waals surface area (Å²) in [6.45, 7) is 0.368. The number of hydrogen-bond acceptors (Lipinski definition) is 5. The number of nitrogens with zero attached hydrogens (tertiary/aromatic N) is 4. The van der Waals surface area contributed by atoms with Crippen molar-refractivity contribution in [3.63, 3.8) is 0 Å². The molecule has 0 bridgehead atoms. The lowest BCUT2D eigenvalue weighted by Crippen LogP contribution is -2.17. The lowest BCUT2D eigenvalue weighted by atomic mass is 10.2. The maximum absolute atomic E-state index is 13.1. The van der Waals surface area contributed by atoms with Crippen molar-refractivity contribution < 1.29 is 18.7 Å². The van der Waals surface area contributed by atoms with Crippen LogP contribution in [0.15, 0.2) is 67.0 Å². The van der Waals surface area contributed by atoms with E-state index in [4.69, 9.17) is 9.47 Å². The molecule has 9 heteroatoms. The summed E-state index contributed by atoms with van der Waals surface area (Å²) >= 11 is 0. The molecule has 1 amide bonds. The highest BCUT2D eigenvalue weighted by molar-refractivity contribution is 6.02. The van der Waals surface area contributed by atoms with Crippen LogP contribution in [0.3, 0.4) is 0 Å². The molecule has 4 aromatic rings. The average Bonchev–Trinajstić information content (AvgIpc) is 3.44. The van der Waals surface area contributed by atoms with Gasteiger partial charge in [0.25, 0.3) is 5.91 Å². The third-order valence-electron chi connectivity index (χ3n) is 4.68. The van der Waals surface area contributed by atoms with Gasteiger partial charge < -0.3 is 14.8 Å². The Morgan fingerprint density at radius 3 is 2.61 bits per heavy atom. The smallest absolute Gasteiger partial charge is 0.277 e. The third kappa shape index (κ3) is 4.25. The van der Waals surface area contributed by atoms with E-state index in [-0.39, 0.29) is 17.4 Å². The number of nitrogens with one attached hydrogen (secondary N) is 1. The number of ether oxygens (including phenoxy) is 2. The zero-order valence-corrected chi connectivity index (χ0v) is 16.9. The summed E-state index contributed by atoms with van der Waals surface area (Å²) < 4.78 is 27.1. The standard InChI is InChI=1S/C22H20FN5O3/c1-30-19-5-3-4-15(21(19)31-2)14-28-20(10-12-24-28)25-22(29)18-11-13-27(26-18)17-8-6-16(23)7-9-17/h3-13H,14H2,1-2H3,(H,25,29). The topological polar surface area (TPSA) is 83.2 Å². The van der Waals surface area contributed by atoms with Crippen LogP contribution in [0.2, 0.25) is 0 Å². The molecular weight excluding hydrogens is 401 g/mol. The minimum absolute atomic E-state index is 0.219. The molecule has 2 aromatic heterocycles. The van der Waals surface area contributed by atoms with Crippen molar-refractivity contribution in [1.82, 2.24) is 19.6 Å². The second kappa shape index (κ2) is 8.70. The molecule has 8 nitrogen and oxygen atoms in total. The molecular formula is C22H20FN5O3. The number of amides is 1. The lowest BCUT2D eigenvalue weighted by Gasteiger charge is -2.14. The van der Waals surface area contributed by atoms with Crippen molar-refractivity contribution in [1.29, 1.82) is 0 Å². The van der Waals surface area contributed by atoms with Gasteiger partial charge in [0.05, 0.1) is 32.6 Å². The van der Waals surface area contributed by atoms with Gasteiger partial charge in [-0.1, -0.05) is 12.1 Å². The molecule has 0 saturated heterocycles. The van der Waals surface area contributed by atoms with Crippen LogP contribution in [-0.2, 0) is 6.54 Å². The highest BCUT2D eigenvalue weighted by Crippen LogP contribution is 2.31. The van der Waals surface area contributed by atoms with Crippen LogP contribution < -0.4 is 14.8 Å². The summed E-state index contributed by atoms with van der Waals surface area (Å²) in [5, 5.41) is 11.4. The fourth-order valence-electron chi connectivity index (χ4n) is 3.17. The molecule has 0 unspecified atom stereocenters. The molecule has 0 aliphatic rings. The van der Waals surface area contributed by atoms with Crippen LogP contribution in [0, 0.1) is 5.82 Å². The van der Waals surface area contributed by atoms with Gasteiger partial charge in [0.15, 0.2) is 17.2 Å². The van der Waals surface area contributed by atoms with E-state index in [1.807, 2.05) is 18.2 Å². The first kappa shape index (κ1) is 20.1. The Hall–Kier alpha value is -4.14. The number of para-hydroxylation sites is 1. The van der Waals surface area contributed by atoms with Crippen molar-refractivity contribution in [2.24, 2.45) is 0 Å². The Morgan fingerprint density at radius 2 is 1.87 bits per heavy atom. The predicted molar refractivity (Wildman–Crippen MR) is 112 cm³/mol. The summed E-state index contributed by atoms with van der Waals surface area (Å²) in [4.78, 5) is 12.7. The molecule has 1 N–H and O–H groups in total. The fourth-order valence-corrected chi connectivity index (χ4v) is 3.17. The number of methoxy groups -OCH3 is 2. The van der Waals surface area contributed by atoms with Crippen LogP contribution in [0.5, 0.6) is 11.5 Å². The molecule has 0 aliphatic heterocycles. The molecule has 0 spiro atoms. The SMILES string of the molecule is COc1cccc(Cn2nccc2NC(=O)c2ccn(-c3ccc(F)cc3)n2)c1OC. The summed E-state index contributed by atoms with van der Waals surface area (Å²) in [6, 6.07) is 14.7. The molecule has 0 saturated carbocycles. The van der Waals surface area contributed by atoms with Crippen LogP contribution in [0.1, 0.15) is 16.1 Å². The van der Waals surface area contributed by atoms with Gasteiger partial charge in [0.2, 0.25) is 0 Å². The first-order valence-corrected chi connectivity index (χ1v) is 9.43. The van der Waals surface area contributed by atoms with Gasteiger partial charge in [-0.05, 0) is 36.4 Å². The molecule has 0 atom stereocenters. The van der Waals surface area contributed by atoms with Gasteiger partial charge in [-0.2, -0.15) is 10.2 Å². The van der Waals surface area contributed by atoms with Gasteiger partial charge in [0.1, 0.15) is 11.6 Å². The zero-order valence-electron chi connectivity index (χ0n) is 16.9. The summed E-state index contributed by atoms with van der Waals surface area (Å²) in [5.41, 5.74) is 1.72. The Morgan fingerprint density at radius 1 is 1.06 bits per heavy atom. The molecule has 2 heterocycles. The minimum atomic E-state index is -0.389. The van der Waals surface area contributed by atoms with Crippen molar-refractivity contribution in [2.75, 3.05) is 19.5 Å². The van der Waals surface area contributed by atoms with Crippen molar-refractivity contribution in [2.45, 2.75) is 6.54 Å². The maximum Gasteiger partial charge on any atom is 0.277 e. The van der Waals surface area contributed by atoms with E-state index in [0.29, 0.717) is 29.5 Å². The molecule has 0 fully saturated rings. The van der Waals surface area contributed by atoms with Gasteiger partial charge in [0, 0.05) is 17.8 Å². The van der Waals surface area contributed by atoms with E-state index < -0.39 is 0 Å². The number of rotatable bonds is 7. The second-order valence-electron chi connectivity index (χ2n) is 6.60. The number of carbonyl (C=O) groups is 1. The molecule has 0 radical (unpaired) electrons. The Bertz CT molecular complexity index is 1200.